The Morgan fingerprint density at radius 3 is 2.33 bits per heavy atom. The van der Waals surface area contributed by atoms with E-state index >= 15 is 0 Å². The molecule has 0 radical (unpaired) electrons. The highest BCUT2D eigenvalue weighted by Crippen LogP contribution is 2.19. The molecule has 0 aliphatic carbocycles. The Labute approximate surface area is 126 Å². The summed E-state index contributed by atoms with van der Waals surface area (Å²) in [6.07, 6.45) is 0.254. The van der Waals surface area contributed by atoms with Crippen LogP contribution in [0.4, 0.5) is 5.69 Å². The van der Waals surface area contributed by atoms with Gasteiger partial charge in [-0.05, 0) is 38.8 Å². The minimum atomic E-state index is -0.201. The molecule has 0 saturated carbocycles. The lowest BCUT2D eigenvalue weighted by Gasteiger charge is -2.22. The molecule has 1 rings (SSSR count). The lowest BCUT2D eigenvalue weighted by Crippen LogP contribution is -2.40. The Kier molecular flexibility index (Phi) is 6.37. The Hall–Kier alpha value is -1.88. The van der Waals surface area contributed by atoms with Crippen molar-refractivity contribution in [2.24, 2.45) is 5.73 Å². The van der Waals surface area contributed by atoms with Crippen LogP contribution in [0.2, 0.25) is 0 Å². The summed E-state index contributed by atoms with van der Waals surface area (Å²) in [5.74, 6) is -0.281. The van der Waals surface area contributed by atoms with Gasteiger partial charge in [-0.2, -0.15) is 0 Å². The number of nitrogens with two attached hydrogens (primary N) is 1. The van der Waals surface area contributed by atoms with Crippen molar-refractivity contribution in [2.45, 2.75) is 40.2 Å². The number of carbonyl (C=O) groups is 2. The van der Waals surface area contributed by atoms with Gasteiger partial charge in [0, 0.05) is 24.7 Å². The first kappa shape index (κ1) is 17.2. The number of hydrogen-bond acceptors (Lipinski definition) is 3. The van der Waals surface area contributed by atoms with Gasteiger partial charge in [0.05, 0.1) is 6.54 Å². The predicted octanol–water partition coefficient (Wildman–Crippen LogP) is 1.83. The Bertz CT molecular complexity index is 492. The molecule has 0 bridgehead atoms. The molecule has 1 aromatic rings. The molecular formula is C16H25N3O2. The lowest BCUT2D eigenvalue weighted by atomic mass is 10.1. The number of amides is 2. The molecule has 5 nitrogen and oxygen atoms in total. The van der Waals surface area contributed by atoms with Gasteiger partial charge in [-0.3, -0.25) is 9.59 Å². The second kappa shape index (κ2) is 7.78. The maximum absolute atomic E-state index is 12.1. The van der Waals surface area contributed by atoms with Crippen LogP contribution in [0, 0.1) is 13.8 Å². The number of aryl methyl sites for hydroxylation is 2. The number of carbonyl (C=O) groups excluding carboxylic acids is 2. The molecule has 3 N–H and O–H groups in total. The van der Waals surface area contributed by atoms with Crippen LogP contribution in [0.3, 0.4) is 0 Å². The molecule has 0 saturated heterocycles. The van der Waals surface area contributed by atoms with Crippen molar-refractivity contribution in [3.63, 3.8) is 0 Å². The van der Waals surface area contributed by atoms with Crippen molar-refractivity contribution in [1.82, 2.24) is 4.90 Å². The summed E-state index contributed by atoms with van der Waals surface area (Å²) in [6.45, 7) is 8.07. The minimum Gasteiger partial charge on any atom is -0.334 e. The number of rotatable bonds is 6. The largest absolute Gasteiger partial charge is 0.334 e. The number of anilines is 1. The molecule has 0 spiro atoms. The molecule has 116 valence electrons. The van der Waals surface area contributed by atoms with Crippen molar-refractivity contribution < 1.29 is 9.59 Å². The molecule has 0 fully saturated rings. The van der Waals surface area contributed by atoms with Crippen LogP contribution in [-0.4, -0.2) is 35.8 Å². The zero-order valence-corrected chi connectivity index (χ0v) is 13.3. The van der Waals surface area contributed by atoms with Gasteiger partial charge >= 0.3 is 0 Å². The van der Waals surface area contributed by atoms with Gasteiger partial charge in [0.1, 0.15) is 0 Å². The van der Waals surface area contributed by atoms with Crippen molar-refractivity contribution in [1.29, 1.82) is 0 Å². The van der Waals surface area contributed by atoms with Crippen molar-refractivity contribution in [3.05, 3.63) is 29.3 Å². The first-order chi connectivity index (χ1) is 9.85. The van der Waals surface area contributed by atoms with Gasteiger partial charge in [-0.25, -0.2) is 0 Å². The second-order valence-electron chi connectivity index (χ2n) is 5.40. The molecule has 5 heteroatoms. The molecule has 0 aliphatic rings. The molecule has 2 amide bonds. The molecule has 1 aromatic carbocycles. The van der Waals surface area contributed by atoms with E-state index in [-0.39, 0.29) is 30.8 Å². The summed E-state index contributed by atoms with van der Waals surface area (Å²) in [7, 11) is 0. The highest BCUT2D eigenvalue weighted by atomic mass is 16.2. The summed E-state index contributed by atoms with van der Waals surface area (Å²) in [5.41, 5.74) is 8.47. The quantitative estimate of drug-likeness (QED) is 0.839. The Morgan fingerprint density at radius 2 is 1.86 bits per heavy atom. The summed E-state index contributed by atoms with van der Waals surface area (Å²) >= 11 is 0. The van der Waals surface area contributed by atoms with Crippen LogP contribution < -0.4 is 11.1 Å². The first-order valence-corrected chi connectivity index (χ1v) is 7.24. The SMILES string of the molecule is CCN(CC(=O)Nc1c(C)cccc1C)C(=O)CC(C)N. The van der Waals surface area contributed by atoms with Gasteiger partial charge in [0.15, 0.2) is 0 Å². The third kappa shape index (κ3) is 5.19. The third-order valence-corrected chi connectivity index (χ3v) is 3.31. The average Bonchev–Trinajstić information content (AvgIpc) is 2.39. The van der Waals surface area contributed by atoms with Crippen LogP contribution in [0.1, 0.15) is 31.4 Å². The molecule has 21 heavy (non-hydrogen) atoms. The average molecular weight is 291 g/mol. The van der Waals surface area contributed by atoms with Crippen LogP contribution >= 0.6 is 0 Å². The van der Waals surface area contributed by atoms with E-state index < -0.39 is 0 Å². The normalized spacial score (nSPS) is 11.9. The van der Waals surface area contributed by atoms with E-state index in [4.69, 9.17) is 5.73 Å². The number of likely N-dealkylation sites (N-methyl/N-ethyl adjacent to an activating group) is 1. The van der Waals surface area contributed by atoms with Crippen molar-refractivity contribution in [2.75, 3.05) is 18.4 Å². The van der Waals surface area contributed by atoms with E-state index in [0.717, 1.165) is 16.8 Å². The van der Waals surface area contributed by atoms with Crippen LogP contribution in [0.15, 0.2) is 18.2 Å². The van der Waals surface area contributed by atoms with Gasteiger partial charge in [0.2, 0.25) is 11.8 Å². The van der Waals surface area contributed by atoms with Gasteiger partial charge in [-0.15, -0.1) is 0 Å². The standard InChI is InChI=1S/C16H25N3O2/c1-5-19(15(21)9-13(4)17)10-14(20)18-16-11(2)7-6-8-12(16)3/h6-8,13H,5,9-10,17H2,1-4H3,(H,18,20). The fraction of sp³-hybridized carbons (Fsp3) is 0.500. The van der Waals surface area contributed by atoms with E-state index in [2.05, 4.69) is 5.32 Å². The number of nitrogens with zero attached hydrogens (tertiary/aromatic N) is 1. The molecule has 1 atom stereocenters. The third-order valence-electron chi connectivity index (χ3n) is 3.31. The highest BCUT2D eigenvalue weighted by molar-refractivity contribution is 5.95. The van der Waals surface area contributed by atoms with Gasteiger partial charge in [-0.1, -0.05) is 18.2 Å². The summed E-state index contributed by atoms with van der Waals surface area (Å²) < 4.78 is 0. The van der Waals surface area contributed by atoms with E-state index in [0.29, 0.717) is 6.54 Å². The number of hydrogen-bond donors (Lipinski definition) is 2. The van der Waals surface area contributed by atoms with Crippen LogP contribution in [-0.2, 0) is 9.59 Å². The number of nitrogens with one attached hydrogen (secondary N) is 1. The predicted molar refractivity (Wildman–Crippen MR) is 85.1 cm³/mol. The monoisotopic (exact) mass is 291 g/mol. The molecule has 1 unspecified atom stereocenters. The fourth-order valence-electron chi connectivity index (χ4n) is 2.14. The van der Waals surface area contributed by atoms with Crippen LogP contribution in [0.5, 0.6) is 0 Å². The maximum atomic E-state index is 12.1. The van der Waals surface area contributed by atoms with E-state index in [1.54, 1.807) is 6.92 Å². The smallest absolute Gasteiger partial charge is 0.244 e. The van der Waals surface area contributed by atoms with E-state index in [1.807, 2.05) is 39.0 Å². The Morgan fingerprint density at radius 1 is 1.29 bits per heavy atom. The zero-order chi connectivity index (χ0) is 16.0. The Balaban J connectivity index is 2.69. The molecular weight excluding hydrogens is 266 g/mol. The molecule has 0 aromatic heterocycles. The summed E-state index contributed by atoms with van der Waals surface area (Å²) in [5, 5.41) is 2.89. The van der Waals surface area contributed by atoms with Gasteiger partial charge < -0.3 is 16.0 Å². The van der Waals surface area contributed by atoms with Gasteiger partial charge in [0.25, 0.3) is 0 Å². The second-order valence-corrected chi connectivity index (χ2v) is 5.40. The maximum Gasteiger partial charge on any atom is 0.244 e. The summed E-state index contributed by atoms with van der Waals surface area (Å²) in [4.78, 5) is 25.6. The van der Waals surface area contributed by atoms with Crippen molar-refractivity contribution >= 4 is 17.5 Å². The summed E-state index contributed by atoms with van der Waals surface area (Å²) in [6, 6.07) is 5.64. The topological polar surface area (TPSA) is 75.4 Å². The highest BCUT2D eigenvalue weighted by Gasteiger charge is 2.17. The zero-order valence-electron chi connectivity index (χ0n) is 13.3. The molecule has 0 aliphatic heterocycles. The van der Waals surface area contributed by atoms with Crippen molar-refractivity contribution in [3.8, 4) is 0 Å². The first-order valence-electron chi connectivity index (χ1n) is 7.24. The fourth-order valence-corrected chi connectivity index (χ4v) is 2.14. The van der Waals surface area contributed by atoms with E-state index in [1.165, 1.54) is 4.90 Å². The number of para-hydroxylation sites is 1. The number of benzene rings is 1. The van der Waals surface area contributed by atoms with Crippen LogP contribution in [0.25, 0.3) is 0 Å². The lowest BCUT2D eigenvalue weighted by molar-refractivity contribution is -0.134. The minimum absolute atomic E-state index is 0.0514. The van der Waals surface area contributed by atoms with E-state index in [9.17, 15) is 9.59 Å². The molecule has 0 heterocycles.